The van der Waals surface area contributed by atoms with Crippen LogP contribution in [0.3, 0.4) is 0 Å². The Hall–Kier alpha value is -0.650. The molecule has 2 fully saturated rings. The fourth-order valence-electron chi connectivity index (χ4n) is 3.52. The maximum absolute atomic E-state index is 11.3. The summed E-state index contributed by atoms with van der Waals surface area (Å²) < 4.78 is 5.39. The Labute approximate surface area is 121 Å². The Morgan fingerprint density at radius 2 is 2.20 bits per heavy atom. The van der Waals surface area contributed by atoms with Gasteiger partial charge in [-0.25, -0.2) is 0 Å². The van der Waals surface area contributed by atoms with E-state index in [2.05, 4.69) is 23.8 Å². The molecule has 0 bridgehead atoms. The number of aliphatic carboxylic acids is 1. The second-order valence-corrected chi connectivity index (χ2v) is 6.10. The van der Waals surface area contributed by atoms with E-state index in [0.29, 0.717) is 19.3 Å². The first-order valence-electron chi connectivity index (χ1n) is 7.88. The summed E-state index contributed by atoms with van der Waals surface area (Å²) in [4.78, 5) is 16.0. The summed E-state index contributed by atoms with van der Waals surface area (Å²) in [6, 6.07) is 0.704. The lowest BCUT2D eigenvalue weighted by atomic mass is 9.98. The predicted octanol–water partition coefficient (Wildman–Crippen LogP) is 1.28. The maximum atomic E-state index is 11.3. The fourth-order valence-corrected chi connectivity index (χ4v) is 3.52. The molecule has 3 atom stereocenters. The predicted molar refractivity (Wildman–Crippen MR) is 77.9 cm³/mol. The van der Waals surface area contributed by atoms with Crippen molar-refractivity contribution in [1.29, 1.82) is 0 Å². The van der Waals surface area contributed by atoms with Gasteiger partial charge in [0.15, 0.2) is 0 Å². The topological polar surface area (TPSA) is 53.0 Å². The Balaban J connectivity index is 1.86. The molecule has 2 heterocycles. The van der Waals surface area contributed by atoms with Crippen LogP contribution < -0.4 is 0 Å². The third kappa shape index (κ3) is 3.71. The number of likely N-dealkylation sites (N-methyl/N-ethyl adjacent to an activating group) is 1. The first-order chi connectivity index (χ1) is 9.63. The first kappa shape index (κ1) is 15.7. The molecule has 2 rings (SSSR count). The molecule has 116 valence electrons. The van der Waals surface area contributed by atoms with Crippen molar-refractivity contribution in [2.24, 2.45) is 5.92 Å². The number of hydrogen-bond donors (Lipinski definition) is 1. The van der Waals surface area contributed by atoms with Gasteiger partial charge in [0.1, 0.15) is 0 Å². The van der Waals surface area contributed by atoms with E-state index in [0.717, 1.165) is 19.5 Å². The Morgan fingerprint density at radius 3 is 2.85 bits per heavy atom. The summed E-state index contributed by atoms with van der Waals surface area (Å²) in [5.74, 6) is -1.08. The minimum atomic E-state index is -0.722. The van der Waals surface area contributed by atoms with Gasteiger partial charge in [-0.3, -0.25) is 9.69 Å². The number of rotatable bonds is 6. The summed E-state index contributed by atoms with van der Waals surface area (Å²) in [5, 5.41) is 9.27. The van der Waals surface area contributed by atoms with Gasteiger partial charge in [-0.1, -0.05) is 13.3 Å². The minimum Gasteiger partial charge on any atom is -0.481 e. The van der Waals surface area contributed by atoms with Crippen LogP contribution in [0.2, 0.25) is 0 Å². The van der Waals surface area contributed by atoms with Crippen LogP contribution in [0.4, 0.5) is 0 Å². The molecule has 2 aliphatic heterocycles. The third-order valence-corrected chi connectivity index (χ3v) is 4.91. The van der Waals surface area contributed by atoms with Crippen LogP contribution in [0, 0.1) is 5.92 Å². The Bertz CT molecular complexity index is 324. The Kier molecular flexibility index (Phi) is 5.81. The van der Waals surface area contributed by atoms with Gasteiger partial charge >= 0.3 is 5.97 Å². The quantitative estimate of drug-likeness (QED) is 0.796. The van der Waals surface area contributed by atoms with Crippen LogP contribution in [-0.2, 0) is 9.53 Å². The second-order valence-electron chi connectivity index (χ2n) is 6.10. The number of nitrogens with zero attached hydrogens (tertiary/aromatic N) is 2. The van der Waals surface area contributed by atoms with Crippen molar-refractivity contribution in [3.05, 3.63) is 0 Å². The molecule has 0 spiro atoms. The van der Waals surface area contributed by atoms with E-state index in [1.165, 1.54) is 25.8 Å². The van der Waals surface area contributed by atoms with Crippen LogP contribution in [0.25, 0.3) is 0 Å². The Morgan fingerprint density at radius 1 is 1.40 bits per heavy atom. The molecule has 0 aromatic heterocycles. The van der Waals surface area contributed by atoms with E-state index < -0.39 is 5.97 Å². The number of carboxylic acid groups (broad SMARTS) is 1. The number of carboxylic acids is 1. The lowest BCUT2D eigenvalue weighted by Crippen LogP contribution is -2.46. The molecule has 0 aliphatic carbocycles. The zero-order valence-electron chi connectivity index (χ0n) is 12.8. The van der Waals surface area contributed by atoms with Gasteiger partial charge in [0.2, 0.25) is 0 Å². The SMILES string of the molecule is CCN(CCC1CCCCN1C)C1COCC1C(=O)O. The van der Waals surface area contributed by atoms with Crippen LogP contribution in [0.1, 0.15) is 32.6 Å². The second kappa shape index (κ2) is 7.38. The highest BCUT2D eigenvalue weighted by molar-refractivity contribution is 5.71. The van der Waals surface area contributed by atoms with Crippen molar-refractivity contribution in [2.45, 2.75) is 44.7 Å². The van der Waals surface area contributed by atoms with E-state index >= 15 is 0 Å². The summed E-state index contributed by atoms with van der Waals surface area (Å²) in [6.07, 6.45) is 5.04. The van der Waals surface area contributed by atoms with E-state index in [1.54, 1.807) is 0 Å². The van der Waals surface area contributed by atoms with Crippen molar-refractivity contribution in [3.63, 3.8) is 0 Å². The normalized spacial score (nSPS) is 31.9. The van der Waals surface area contributed by atoms with E-state index in [1.807, 2.05) is 0 Å². The average molecular weight is 284 g/mol. The van der Waals surface area contributed by atoms with Crippen molar-refractivity contribution in [3.8, 4) is 0 Å². The molecule has 0 amide bonds. The lowest BCUT2D eigenvalue weighted by molar-refractivity contribution is -0.143. The molecule has 5 heteroatoms. The molecular weight excluding hydrogens is 256 g/mol. The zero-order chi connectivity index (χ0) is 14.5. The van der Waals surface area contributed by atoms with E-state index in [9.17, 15) is 9.90 Å². The monoisotopic (exact) mass is 284 g/mol. The first-order valence-corrected chi connectivity index (χ1v) is 7.88. The molecule has 0 aromatic carbocycles. The molecule has 2 saturated heterocycles. The highest BCUT2D eigenvalue weighted by atomic mass is 16.5. The van der Waals surface area contributed by atoms with Gasteiger partial charge in [-0.05, 0) is 39.4 Å². The highest BCUT2D eigenvalue weighted by Gasteiger charge is 2.37. The van der Waals surface area contributed by atoms with Crippen molar-refractivity contribution in [1.82, 2.24) is 9.80 Å². The molecule has 1 N–H and O–H groups in total. The van der Waals surface area contributed by atoms with Gasteiger partial charge in [-0.15, -0.1) is 0 Å². The van der Waals surface area contributed by atoms with Crippen molar-refractivity contribution < 1.29 is 14.6 Å². The van der Waals surface area contributed by atoms with Gasteiger partial charge in [-0.2, -0.15) is 0 Å². The zero-order valence-corrected chi connectivity index (χ0v) is 12.8. The molecule has 0 saturated carbocycles. The maximum Gasteiger partial charge on any atom is 0.310 e. The molecule has 2 aliphatic rings. The van der Waals surface area contributed by atoms with Gasteiger partial charge < -0.3 is 14.7 Å². The molecule has 0 aromatic rings. The number of hydrogen-bond acceptors (Lipinski definition) is 4. The number of ether oxygens (including phenoxy) is 1. The van der Waals surface area contributed by atoms with Gasteiger partial charge in [0.05, 0.1) is 19.1 Å². The van der Waals surface area contributed by atoms with Gasteiger partial charge in [0.25, 0.3) is 0 Å². The molecule has 3 unspecified atom stereocenters. The molecular formula is C15H28N2O3. The fraction of sp³-hybridized carbons (Fsp3) is 0.933. The summed E-state index contributed by atoms with van der Waals surface area (Å²) >= 11 is 0. The van der Waals surface area contributed by atoms with Crippen LogP contribution >= 0.6 is 0 Å². The van der Waals surface area contributed by atoms with Crippen LogP contribution in [0.15, 0.2) is 0 Å². The number of carbonyl (C=O) groups is 1. The largest absolute Gasteiger partial charge is 0.481 e. The van der Waals surface area contributed by atoms with Crippen molar-refractivity contribution in [2.75, 3.05) is 39.9 Å². The van der Waals surface area contributed by atoms with Crippen molar-refractivity contribution >= 4 is 5.97 Å². The molecule has 0 radical (unpaired) electrons. The molecule has 20 heavy (non-hydrogen) atoms. The minimum absolute atomic E-state index is 0.0476. The van der Waals surface area contributed by atoms with E-state index in [-0.39, 0.29) is 12.0 Å². The molecule has 5 nitrogen and oxygen atoms in total. The van der Waals surface area contributed by atoms with Crippen LogP contribution in [0.5, 0.6) is 0 Å². The standard InChI is InChI=1S/C15H28N2O3/c1-3-17(14-11-20-10-13(14)15(18)19)9-7-12-6-4-5-8-16(12)2/h12-14H,3-11H2,1-2H3,(H,18,19). The highest BCUT2D eigenvalue weighted by Crippen LogP contribution is 2.23. The smallest absolute Gasteiger partial charge is 0.310 e. The van der Waals surface area contributed by atoms with Crippen LogP contribution in [-0.4, -0.2) is 72.9 Å². The van der Waals surface area contributed by atoms with Gasteiger partial charge in [0, 0.05) is 18.6 Å². The third-order valence-electron chi connectivity index (χ3n) is 4.91. The lowest BCUT2D eigenvalue weighted by Gasteiger charge is -2.35. The number of piperidine rings is 1. The summed E-state index contributed by atoms with van der Waals surface area (Å²) in [7, 11) is 2.21. The van der Waals surface area contributed by atoms with E-state index in [4.69, 9.17) is 4.74 Å². The number of likely N-dealkylation sites (tertiary alicyclic amines) is 1. The summed E-state index contributed by atoms with van der Waals surface area (Å²) in [5.41, 5.74) is 0. The summed E-state index contributed by atoms with van der Waals surface area (Å²) in [6.45, 7) is 6.10. The average Bonchev–Trinajstić information content (AvgIpc) is 2.91.